The number of rotatable bonds is 5. The maximum atomic E-state index is 13.3. The summed E-state index contributed by atoms with van der Waals surface area (Å²) in [5, 5.41) is 0.440. The Morgan fingerprint density at radius 3 is 2.47 bits per heavy atom. The van der Waals surface area contributed by atoms with Gasteiger partial charge in [-0.15, -0.1) is 0 Å². The highest BCUT2D eigenvalue weighted by Crippen LogP contribution is 2.38. The van der Waals surface area contributed by atoms with Crippen LogP contribution in [0.2, 0.25) is 0 Å². The lowest BCUT2D eigenvalue weighted by Gasteiger charge is -2.26. The first-order valence-corrected chi connectivity index (χ1v) is 9.62. The predicted octanol–water partition coefficient (Wildman–Crippen LogP) is 2.69. The fraction of sp³-hybridized carbons (Fsp3) is 0.261. The number of esters is 1. The zero-order valence-electron chi connectivity index (χ0n) is 17.0. The SMILES string of the molecule is COC(=O)c1ccc([C@@H]2c3c(oc4ccccc4c3=O)C(=O)N2CCN(C)C)cc1. The Labute approximate surface area is 173 Å². The van der Waals surface area contributed by atoms with Crippen LogP contribution in [0.4, 0.5) is 0 Å². The number of fused-ring (bicyclic) bond motifs is 2. The molecule has 2 aromatic carbocycles. The molecule has 2 heterocycles. The standard InChI is InChI=1S/C23H22N2O5/c1-24(2)12-13-25-19(14-8-10-15(11-9-14)23(28)29-3)18-20(26)16-6-4-5-7-17(16)30-21(18)22(25)27/h4-11,19H,12-13H2,1-3H3/t19-/m1/s1. The van der Waals surface area contributed by atoms with E-state index in [1.807, 2.05) is 19.0 Å². The number of carbonyl (C=O) groups excluding carboxylic acids is 2. The number of nitrogens with zero attached hydrogens (tertiary/aromatic N) is 2. The van der Waals surface area contributed by atoms with E-state index >= 15 is 0 Å². The first-order valence-electron chi connectivity index (χ1n) is 9.62. The molecule has 30 heavy (non-hydrogen) atoms. The minimum Gasteiger partial charge on any atom is -0.465 e. The number of amides is 1. The Morgan fingerprint density at radius 1 is 1.10 bits per heavy atom. The van der Waals surface area contributed by atoms with Crippen LogP contribution in [-0.2, 0) is 4.74 Å². The van der Waals surface area contributed by atoms with Gasteiger partial charge < -0.3 is 19.0 Å². The third-order valence-electron chi connectivity index (χ3n) is 5.31. The van der Waals surface area contributed by atoms with Crippen LogP contribution >= 0.6 is 0 Å². The molecule has 0 saturated heterocycles. The van der Waals surface area contributed by atoms with Gasteiger partial charge in [-0.25, -0.2) is 4.79 Å². The number of carbonyl (C=O) groups is 2. The first-order chi connectivity index (χ1) is 14.4. The summed E-state index contributed by atoms with van der Waals surface area (Å²) in [7, 11) is 5.17. The van der Waals surface area contributed by atoms with Crippen molar-refractivity contribution in [3.63, 3.8) is 0 Å². The molecule has 0 N–H and O–H groups in total. The van der Waals surface area contributed by atoms with Gasteiger partial charge in [-0.05, 0) is 43.9 Å². The van der Waals surface area contributed by atoms with E-state index in [9.17, 15) is 14.4 Å². The van der Waals surface area contributed by atoms with Gasteiger partial charge in [0.05, 0.1) is 29.7 Å². The topological polar surface area (TPSA) is 80.1 Å². The number of methoxy groups -OCH3 is 1. The molecule has 3 aromatic rings. The zero-order valence-corrected chi connectivity index (χ0v) is 17.0. The van der Waals surface area contributed by atoms with E-state index < -0.39 is 12.0 Å². The van der Waals surface area contributed by atoms with Crippen LogP contribution in [0.3, 0.4) is 0 Å². The molecule has 0 saturated carbocycles. The van der Waals surface area contributed by atoms with Gasteiger partial charge in [0.25, 0.3) is 5.91 Å². The Bertz CT molecular complexity index is 1180. The van der Waals surface area contributed by atoms with Gasteiger partial charge in [0, 0.05) is 13.1 Å². The summed E-state index contributed by atoms with van der Waals surface area (Å²) in [6, 6.07) is 13.1. The summed E-state index contributed by atoms with van der Waals surface area (Å²) in [6.45, 7) is 1.05. The molecule has 0 bridgehead atoms. The van der Waals surface area contributed by atoms with Crippen molar-refractivity contribution >= 4 is 22.8 Å². The van der Waals surface area contributed by atoms with Crippen molar-refractivity contribution in [3.8, 4) is 0 Å². The van der Waals surface area contributed by atoms with Crippen molar-refractivity contribution in [1.29, 1.82) is 0 Å². The molecule has 1 aromatic heterocycles. The van der Waals surface area contributed by atoms with E-state index in [0.29, 0.717) is 35.2 Å². The quantitative estimate of drug-likeness (QED) is 0.606. The molecule has 1 aliphatic rings. The van der Waals surface area contributed by atoms with Crippen LogP contribution in [0.1, 0.15) is 38.1 Å². The molecule has 7 nitrogen and oxygen atoms in total. The number of hydrogen-bond donors (Lipinski definition) is 0. The zero-order chi connectivity index (χ0) is 21.4. The molecular formula is C23H22N2O5. The molecule has 0 radical (unpaired) electrons. The third-order valence-corrected chi connectivity index (χ3v) is 5.31. The van der Waals surface area contributed by atoms with Crippen molar-refractivity contribution < 1.29 is 18.7 Å². The second kappa shape index (κ2) is 7.76. The first kappa shape index (κ1) is 19.8. The largest absolute Gasteiger partial charge is 0.465 e. The Hall–Kier alpha value is -3.45. The van der Waals surface area contributed by atoms with Gasteiger partial charge in [-0.1, -0.05) is 24.3 Å². The number of hydrogen-bond acceptors (Lipinski definition) is 6. The number of ether oxygens (including phenoxy) is 1. The molecule has 0 unspecified atom stereocenters. The minimum absolute atomic E-state index is 0.0829. The van der Waals surface area contributed by atoms with E-state index in [1.165, 1.54) is 7.11 Å². The normalized spacial score (nSPS) is 15.7. The summed E-state index contributed by atoms with van der Waals surface area (Å²) >= 11 is 0. The molecule has 1 amide bonds. The van der Waals surface area contributed by atoms with Gasteiger partial charge in [0.15, 0.2) is 5.43 Å². The average molecular weight is 406 g/mol. The van der Waals surface area contributed by atoms with Crippen molar-refractivity contribution in [3.05, 3.63) is 81.2 Å². The molecule has 154 valence electrons. The second-order valence-corrected chi connectivity index (χ2v) is 7.49. The van der Waals surface area contributed by atoms with E-state index in [2.05, 4.69) is 0 Å². The van der Waals surface area contributed by atoms with Gasteiger partial charge in [-0.2, -0.15) is 0 Å². The molecule has 7 heteroatoms. The number of benzene rings is 2. The minimum atomic E-state index is -0.583. The molecule has 0 fully saturated rings. The summed E-state index contributed by atoms with van der Waals surface area (Å²) < 4.78 is 10.6. The van der Waals surface area contributed by atoms with E-state index in [1.54, 1.807) is 53.4 Å². The highest BCUT2D eigenvalue weighted by atomic mass is 16.5. The molecule has 0 spiro atoms. The Kier molecular flexibility index (Phi) is 5.13. The van der Waals surface area contributed by atoms with Crippen molar-refractivity contribution in [2.24, 2.45) is 0 Å². The van der Waals surface area contributed by atoms with Gasteiger partial charge >= 0.3 is 5.97 Å². The Balaban J connectivity index is 1.87. The van der Waals surface area contributed by atoms with Gasteiger partial charge in [0.2, 0.25) is 5.76 Å². The van der Waals surface area contributed by atoms with Crippen LogP contribution in [0, 0.1) is 0 Å². The molecule has 1 atom stereocenters. The highest BCUT2D eigenvalue weighted by Gasteiger charge is 2.42. The van der Waals surface area contributed by atoms with Crippen molar-refractivity contribution in [2.75, 3.05) is 34.3 Å². The molecule has 1 aliphatic heterocycles. The number of para-hydroxylation sites is 1. The second-order valence-electron chi connectivity index (χ2n) is 7.49. The van der Waals surface area contributed by atoms with Gasteiger partial charge in [-0.3, -0.25) is 9.59 Å². The summed E-state index contributed by atoms with van der Waals surface area (Å²) in [4.78, 5) is 41.9. The predicted molar refractivity (Wildman–Crippen MR) is 112 cm³/mol. The smallest absolute Gasteiger partial charge is 0.337 e. The summed E-state index contributed by atoms with van der Waals surface area (Å²) in [5.74, 6) is -0.671. The molecular weight excluding hydrogens is 384 g/mol. The van der Waals surface area contributed by atoms with Crippen LogP contribution in [-0.4, -0.2) is 56.0 Å². The average Bonchev–Trinajstić information content (AvgIpc) is 3.04. The lowest BCUT2D eigenvalue weighted by molar-refractivity contribution is 0.0599. The lowest BCUT2D eigenvalue weighted by Crippen LogP contribution is -2.35. The van der Waals surface area contributed by atoms with Crippen LogP contribution in [0.15, 0.2) is 57.7 Å². The van der Waals surface area contributed by atoms with Crippen molar-refractivity contribution in [2.45, 2.75) is 6.04 Å². The van der Waals surface area contributed by atoms with Crippen LogP contribution in [0.25, 0.3) is 11.0 Å². The van der Waals surface area contributed by atoms with Gasteiger partial charge in [0.1, 0.15) is 5.58 Å². The van der Waals surface area contributed by atoms with Crippen molar-refractivity contribution in [1.82, 2.24) is 9.80 Å². The lowest BCUT2D eigenvalue weighted by atomic mass is 9.97. The van der Waals surface area contributed by atoms with E-state index in [0.717, 1.165) is 5.56 Å². The third kappa shape index (κ3) is 3.27. The number of likely N-dealkylation sites (N-methyl/N-ethyl adjacent to an activating group) is 1. The molecule has 0 aliphatic carbocycles. The molecule has 4 rings (SSSR count). The van der Waals surface area contributed by atoms with E-state index in [4.69, 9.17) is 9.15 Å². The maximum absolute atomic E-state index is 13.3. The fourth-order valence-electron chi connectivity index (χ4n) is 3.77. The summed E-state index contributed by atoms with van der Waals surface area (Å²) in [5.41, 5.74) is 1.65. The summed E-state index contributed by atoms with van der Waals surface area (Å²) in [6.07, 6.45) is 0. The van der Waals surface area contributed by atoms with Crippen LogP contribution < -0.4 is 5.43 Å². The fourth-order valence-corrected chi connectivity index (χ4v) is 3.77. The maximum Gasteiger partial charge on any atom is 0.337 e. The van der Waals surface area contributed by atoms with Crippen LogP contribution in [0.5, 0.6) is 0 Å². The highest BCUT2D eigenvalue weighted by molar-refractivity contribution is 5.99. The monoisotopic (exact) mass is 406 g/mol. The van der Waals surface area contributed by atoms with E-state index in [-0.39, 0.29) is 17.1 Å². The Morgan fingerprint density at radius 2 is 1.80 bits per heavy atom.